The number of amides is 3. The summed E-state index contributed by atoms with van der Waals surface area (Å²) in [7, 11) is 0. The quantitative estimate of drug-likeness (QED) is 0.449. The van der Waals surface area contributed by atoms with E-state index in [0.717, 1.165) is 36.3 Å². The Kier molecular flexibility index (Phi) is 8.18. The van der Waals surface area contributed by atoms with Crippen LogP contribution in [0.1, 0.15) is 28.1 Å². The molecule has 2 heterocycles. The van der Waals surface area contributed by atoms with Crippen LogP contribution in [-0.2, 0) is 20.5 Å². The molecule has 0 bridgehead atoms. The monoisotopic (exact) mass is 544 g/mol. The number of thiophene rings is 1. The fourth-order valence-corrected chi connectivity index (χ4v) is 4.62. The van der Waals surface area contributed by atoms with Gasteiger partial charge in [-0.05, 0) is 55.6 Å². The van der Waals surface area contributed by atoms with Crippen molar-refractivity contribution in [3.8, 4) is 0 Å². The molecule has 13 heteroatoms. The normalized spacial score (nSPS) is 17.1. The summed E-state index contributed by atoms with van der Waals surface area (Å²) in [4.78, 5) is 39.1. The summed E-state index contributed by atoms with van der Waals surface area (Å²) in [5.74, 6) is -1.21. The second kappa shape index (κ2) is 11.2. The second-order valence-electron chi connectivity index (χ2n) is 8.53. The van der Waals surface area contributed by atoms with Crippen molar-refractivity contribution < 1.29 is 32.3 Å². The van der Waals surface area contributed by atoms with Crippen molar-refractivity contribution in [2.45, 2.75) is 25.1 Å². The van der Waals surface area contributed by atoms with Crippen molar-refractivity contribution in [2.75, 3.05) is 43.1 Å². The highest BCUT2D eigenvalue weighted by atomic mass is 35.5. The summed E-state index contributed by atoms with van der Waals surface area (Å²) in [6.07, 6.45) is -2.78. The maximum absolute atomic E-state index is 13.9. The molecule has 1 saturated heterocycles. The highest BCUT2D eigenvalue weighted by molar-refractivity contribution is 7.18. The third kappa shape index (κ3) is 6.75. The van der Waals surface area contributed by atoms with Crippen molar-refractivity contribution in [3.63, 3.8) is 0 Å². The molecule has 3 N–H and O–H groups in total. The van der Waals surface area contributed by atoms with Crippen LogP contribution in [0.25, 0.3) is 0 Å². The number of halogens is 4. The van der Waals surface area contributed by atoms with Gasteiger partial charge in [0, 0.05) is 18.8 Å². The summed E-state index contributed by atoms with van der Waals surface area (Å²) >= 11 is 6.94. The number of hydrogen-bond acceptors (Lipinski definition) is 6. The van der Waals surface area contributed by atoms with Crippen molar-refractivity contribution in [1.82, 2.24) is 10.6 Å². The number of nitrogens with zero attached hydrogens (tertiary/aromatic N) is 1. The van der Waals surface area contributed by atoms with Gasteiger partial charge in [-0.25, -0.2) is 0 Å². The maximum Gasteiger partial charge on any atom is 0.418 e. The number of ether oxygens (including phenoxy) is 1. The minimum atomic E-state index is -4.78. The Morgan fingerprint density at radius 2 is 2.00 bits per heavy atom. The molecule has 1 atom stereocenters. The molecular weight excluding hydrogens is 521 g/mol. The lowest BCUT2D eigenvalue weighted by molar-refractivity contribution is -0.137. The predicted molar refractivity (Wildman–Crippen MR) is 129 cm³/mol. The summed E-state index contributed by atoms with van der Waals surface area (Å²) in [5, 5.41) is 8.03. The summed E-state index contributed by atoms with van der Waals surface area (Å²) in [6.45, 7) is 0.503. The topological polar surface area (TPSA) is 99.8 Å². The summed E-state index contributed by atoms with van der Waals surface area (Å²) in [5.41, 5.74) is -1.45. The zero-order valence-corrected chi connectivity index (χ0v) is 20.6. The highest BCUT2D eigenvalue weighted by Crippen LogP contribution is 2.37. The van der Waals surface area contributed by atoms with E-state index in [0.29, 0.717) is 21.7 Å². The van der Waals surface area contributed by atoms with Crippen molar-refractivity contribution >= 4 is 52.0 Å². The van der Waals surface area contributed by atoms with E-state index < -0.39 is 41.2 Å². The van der Waals surface area contributed by atoms with Crippen LogP contribution in [0.15, 0.2) is 30.3 Å². The molecule has 36 heavy (non-hydrogen) atoms. The third-order valence-corrected chi connectivity index (χ3v) is 7.02. The molecule has 1 aromatic carbocycles. The Bertz CT molecular complexity index is 1140. The lowest BCUT2D eigenvalue weighted by Crippen LogP contribution is -2.49. The molecule has 1 aliphatic heterocycles. The molecule has 0 spiro atoms. The lowest BCUT2D eigenvalue weighted by atomic mass is 10.1. The predicted octanol–water partition coefficient (Wildman–Crippen LogP) is 3.52. The fourth-order valence-electron chi connectivity index (χ4n) is 3.66. The molecule has 1 saturated carbocycles. The number of anilines is 2. The van der Waals surface area contributed by atoms with Gasteiger partial charge in [0.05, 0.1) is 27.1 Å². The molecule has 3 amide bonds. The molecule has 1 aliphatic carbocycles. The molecule has 0 unspecified atom stereocenters. The molecule has 2 fully saturated rings. The van der Waals surface area contributed by atoms with Crippen LogP contribution in [0, 0.1) is 5.92 Å². The Balaban J connectivity index is 1.49. The molecule has 1 aromatic heterocycles. The van der Waals surface area contributed by atoms with Crippen LogP contribution in [0.4, 0.5) is 24.5 Å². The summed E-state index contributed by atoms with van der Waals surface area (Å²) < 4.78 is 47.1. The highest BCUT2D eigenvalue weighted by Gasteiger charge is 2.36. The first kappa shape index (κ1) is 26.4. The van der Waals surface area contributed by atoms with E-state index in [4.69, 9.17) is 16.3 Å². The van der Waals surface area contributed by atoms with E-state index >= 15 is 0 Å². The molecule has 2 aromatic rings. The second-order valence-corrected chi connectivity index (χ2v) is 10.2. The Morgan fingerprint density at radius 1 is 1.22 bits per heavy atom. The largest absolute Gasteiger partial charge is 0.418 e. The van der Waals surface area contributed by atoms with E-state index in [2.05, 4.69) is 16.0 Å². The first-order valence-corrected chi connectivity index (χ1v) is 12.5. The van der Waals surface area contributed by atoms with Gasteiger partial charge in [0.25, 0.3) is 11.8 Å². The van der Waals surface area contributed by atoms with Crippen LogP contribution in [0.3, 0.4) is 0 Å². The molecule has 194 valence electrons. The minimum absolute atomic E-state index is 0.0684. The van der Waals surface area contributed by atoms with E-state index in [1.54, 1.807) is 12.1 Å². The van der Waals surface area contributed by atoms with Crippen LogP contribution in [0.5, 0.6) is 0 Å². The average molecular weight is 545 g/mol. The van der Waals surface area contributed by atoms with Gasteiger partial charge in [-0.3, -0.25) is 14.4 Å². The van der Waals surface area contributed by atoms with Crippen molar-refractivity contribution in [3.05, 3.63) is 45.1 Å². The Hall–Kier alpha value is -2.67. The zero-order chi connectivity index (χ0) is 25.9. The molecule has 8 nitrogen and oxygen atoms in total. The standard InChI is InChI=1S/C23H24ClF3N4O4S/c24-19-6-5-18(36-19)22(34)29-11-17(28-10-13-1-2-13)21(33)30-16-4-3-14(9-15(16)23(25,26)27)31-7-8-35-12-20(31)32/h3-6,9,13,17,28H,1-2,7-8,10-12H2,(H,29,34)(H,30,33)/t17-/m1/s1. The van der Waals surface area contributed by atoms with Gasteiger partial charge in [0.15, 0.2) is 0 Å². The van der Waals surface area contributed by atoms with Gasteiger partial charge in [0.2, 0.25) is 5.91 Å². The molecular formula is C23H24ClF3N4O4S. The van der Waals surface area contributed by atoms with Gasteiger partial charge in [-0.2, -0.15) is 13.2 Å². The van der Waals surface area contributed by atoms with E-state index in [9.17, 15) is 27.6 Å². The smallest absolute Gasteiger partial charge is 0.370 e. The number of nitrogens with one attached hydrogen (secondary N) is 3. The number of carbonyl (C=O) groups excluding carboxylic acids is 3. The van der Waals surface area contributed by atoms with Crippen LogP contribution in [-0.4, -0.2) is 56.6 Å². The molecule has 2 aliphatic rings. The van der Waals surface area contributed by atoms with Gasteiger partial charge in [-0.1, -0.05) is 11.6 Å². The number of rotatable bonds is 9. The van der Waals surface area contributed by atoms with Gasteiger partial charge in [0.1, 0.15) is 12.6 Å². The fraction of sp³-hybridized carbons (Fsp3) is 0.435. The number of carbonyl (C=O) groups is 3. The van der Waals surface area contributed by atoms with Gasteiger partial charge in [-0.15, -0.1) is 11.3 Å². The number of alkyl halides is 3. The third-order valence-electron chi connectivity index (χ3n) is 5.79. The number of benzene rings is 1. The van der Waals surface area contributed by atoms with E-state index in [-0.39, 0.29) is 32.0 Å². The van der Waals surface area contributed by atoms with Crippen LogP contribution in [0.2, 0.25) is 4.34 Å². The van der Waals surface area contributed by atoms with Crippen LogP contribution >= 0.6 is 22.9 Å². The Morgan fingerprint density at radius 3 is 2.64 bits per heavy atom. The maximum atomic E-state index is 13.9. The van der Waals surface area contributed by atoms with Crippen LogP contribution < -0.4 is 20.9 Å². The van der Waals surface area contributed by atoms with E-state index in [1.165, 1.54) is 11.0 Å². The zero-order valence-electron chi connectivity index (χ0n) is 19.0. The molecule has 4 rings (SSSR count). The SMILES string of the molecule is O=C(NC[C@@H](NCC1CC1)C(=O)Nc1ccc(N2CCOCC2=O)cc1C(F)(F)F)c1ccc(Cl)s1. The molecule has 0 radical (unpaired) electrons. The number of hydrogen-bond donors (Lipinski definition) is 3. The van der Waals surface area contributed by atoms with Crippen molar-refractivity contribution in [2.24, 2.45) is 5.92 Å². The number of morpholine rings is 1. The summed E-state index contributed by atoms with van der Waals surface area (Å²) in [6, 6.07) is 5.47. The minimum Gasteiger partial charge on any atom is -0.370 e. The van der Waals surface area contributed by atoms with Gasteiger partial charge >= 0.3 is 6.18 Å². The van der Waals surface area contributed by atoms with Crippen molar-refractivity contribution in [1.29, 1.82) is 0 Å². The average Bonchev–Trinajstić information content (AvgIpc) is 3.56. The first-order valence-electron chi connectivity index (χ1n) is 11.3. The van der Waals surface area contributed by atoms with E-state index in [1.807, 2.05) is 0 Å². The first-order chi connectivity index (χ1) is 17.1. The Labute approximate surface area is 214 Å². The lowest BCUT2D eigenvalue weighted by Gasteiger charge is -2.28. The van der Waals surface area contributed by atoms with Gasteiger partial charge < -0.3 is 25.6 Å².